The molecule has 2 N–H and O–H groups in total. The topological polar surface area (TPSA) is 73.2 Å². The Labute approximate surface area is 237 Å². The van der Waals surface area contributed by atoms with Crippen LogP contribution in [0.1, 0.15) is 54.9 Å². The molecule has 0 radical (unpaired) electrons. The predicted molar refractivity (Wildman–Crippen MR) is 146 cm³/mol. The first-order valence-corrected chi connectivity index (χ1v) is 14.5. The zero-order valence-electron chi connectivity index (χ0n) is 23.2. The molecule has 5 aliphatic rings. The standard InChI is InChI=1S/C32H35F3N2O4/c1-18-16-31(40)24-15-21-9-10-23(38)28-26(21)30(31,12-13-37(24)17-20-6-7-20)29(41-28)27(18)36(2)25(39)11-8-19-4-3-5-22(14-19)32(33,34)35/h3-5,8-11,14,18,20,24,27,29,38,40H,6-7,12-13,15-17H2,1-2H3/b11-8+/t18?,24-,27?,29?,30+,31?/m1/s1. The fourth-order valence-electron chi connectivity index (χ4n) is 8.56. The summed E-state index contributed by atoms with van der Waals surface area (Å²) in [4.78, 5) is 17.6. The number of likely N-dealkylation sites (N-methyl/N-ethyl adjacent to an activating group) is 1. The van der Waals surface area contributed by atoms with Gasteiger partial charge in [-0.05, 0) is 85.9 Å². The fraction of sp³-hybridized carbons (Fsp3) is 0.531. The quantitative estimate of drug-likeness (QED) is 0.509. The highest BCUT2D eigenvalue weighted by molar-refractivity contribution is 5.92. The minimum absolute atomic E-state index is 0.0403. The number of hydrogen-bond donors (Lipinski definition) is 2. The van der Waals surface area contributed by atoms with E-state index in [2.05, 4.69) is 4.90 Å². The van der Waals surface area contributed by atoms with Crippen LogP contribution in [-0.2, 0) is 22.8 Å². The number of carbonyl (C=O) groups excluding carboxylic acids is 1. The number of nitrogens with zero attached hydrogens (tertiary/aromatic N) is 2. The highest BCUT2D eigenvalue weighted by Crippen LogP contribution is 2.66. The Morgan fingerprint density at radius 1 is 1.24 bits per heavy atom. The number of carbonyl (C=O) groups is 1. The molecule has 6 atom stereocenters. The minimum Gasteiger partial charge on any atom is -0.504 e. The van der Waals surface area contributed by atoms with Gasteiger partial charge in [0, 0.05) is 31.3 Å². The van der Waals surface area contributed by atoms with Crippen LogP contribution in [-0.4, -0.2) is 69.8 Å². The molecule has 2 bridgehead atoms. The first kappa shape index (κ1) is 26.8. The van der Waals surface area contributed by atoms with Gasteiger partial charge >= 0.3 is 6.18 Å². The van der Waals surface area contributed by atoms with Gasteiger partial charge < -0.3 is 19.8 Å². The third kappa shape index (κ3) is 3.88. The van der Waals surface area contributed by atoms with Crippen molar-refractivity contribution in [1.82, 2.24) is 9.80 Å². The first-order valence-electron chi connectivity index (χ1n) is 14.5. The van der Waals surface area contributed by atoms with Crippen LogP contribution in [0.15, 0.2) is 42.5 Å². The molecule has 3 aliphatic carbocycles. The molecule has 9 heteroatoms. The summed E-state index contributed by atoms with van der Waals surface area (Å²) < 4.78 is 46.1. The van der Waals surface area contributed by atoms with Gasteiger partial charge in [0.05, 0.1) is 22.6 Å². The molecule has 1 amide bonds. The molecule has 218 valence electrons. The molecule has 6 nitrogen and oxygen atoms in total. The average Bonchev–Trinajstić information content (AvgIpc) is 3.67. The molecule has 4 unspecified atom stereocenters. The molecule has 1 spiro atoms. The summed E-state index contributed by atoms with van der Waals surface area (Å²) in [6.45, 7) is 3.82. The van der Waals surface area contributed by atoms with Gasteiger partial charge in [-0.15, -0.1) is 0 Å². The van der Waals surface area contributed by atoms with Gasteiger partial charge in [0.25, 0.3) is 0 Å². The number of benzene rings is 2. The van der Waals surface area contributed by atoms with Crippen molar-refractivity contribution in [3.8, 4) is 11.5 Å². The largest absolute Gasteiger partial charge is 0.504 e. The van der Waals surface area contributed by atoms with Crippen LogP contribution >= 0.6 is 0 Å². The second kappa shape index (κ2) is 8.98. The predicted octanol–water partition coefficient (Wildman–Crippen LogP) is 4.76. The fourth-order valence-corrected chi connectivity index (χ4v) is 8.56. The molecular weight excluding hydrogens is 533 g/mol. The number of likely N-dealkylation sites (tertiary alicyclic amines) is 1. The Hall–Kier alpha value is -3.04. The molecule has 2 aromatic carbocycles. The van der Waals surface area contributed by atoms with Crippen LogP contribution < -0.4 is 4.74 Å². The molecule has 3 fully saturated rings. The van der Waals surface area contributed by atoms with Gasteiger partial charge in [0.2, 0.25) is 5.91 Å². The Morgan fingerprint density at radius 3 is 2.76 bits per heavy atom. The molecule has 2 aliphatic heterocycles. The van der Waals surface area contributed by atoms with E-state index in [1.807, 2.05) is 13.0 Å². The van der Waals surface area contributed by atoms with Gasteiger partial charge in [-0.1, -0.05) is 25.1 Å². The number of aromatic hydroxyl groups is 1. The van der Waals surface area contributed by atoms with Gasteiger partial charge in [-0.3, -0.25) is 9.69 Å². The highest BCUT2D eigenvalue weighted by atomic mass is 19.4. The minimum atomic E-state index is -4.47. The Balaban J connectivity index is 1.24. The number of halogens is 3. The van der Waals surface area contributed by atoms with Crippen molar-refractivity contribution in [3.63, 3.8) is 0 Å². The summed E-state index contributed by atoms with van der Waals surface area (Å²) in [5.74, 6) is 0.651. The lowest BCUT2D eigenvalue weighted by Crippen LogP contribution is -2.79. The SMILES string of the molecule is CC1CC2(O)[C@H]3Cc4ccc(O)c5c4[C@@]2(CCN3CC2CC2)C(O5)C1N(C)C(=O)/C=C/c1cccc(C(F)(F)F)c1. The van der Waals surface area contributed by atoms with E-state index < -0.39 is 34.9 Å². The van der Waals surface area contributed by atoms with Gasteiger partial charge in [-0.25, -0.2) is 0 Å². The maximum atomic E-state index is 13.5. The molecular formula is C32H35F3N2O4. The highest BCUT2D eigenvalue weighted by Gasteiger charge is 2.74. The molecule has 7 rings (SSSR count). The van der Waals surface area contributed by atoms with Gasteiger partial charge in [-0.2, -0.15) is 13.2 Å². The Kier molecular flexibility index (Phi) is 5.88. The summed E-state index contributed by atoms with van der Waals surface area (Å²) >= 11 is 0. The summed E-state index contributed by atoms with van der Waals surface area (Å²) in [6, 6.07) is 8.00. The molecule has 2 saturated carbocycles. The van der Waals surface area contributed by atoms with E-state index in [0.29, 0.717) is 30.9 Å². The third-order valence-electron chi connectivity index (χ3n) is 10.5. The van der Waals surface area contributed by atoms with Gasteiger partial charge in [0.15, 0.2) is 11.5 Å². The first-order chi connectivity index (χ1) is 19.4. The van der Waals surface area contributed by atoms with Crippen molar-refractivity contribution < 1.29 is 32.9 Å². The van der Waals surface area contributed by atoms with E-state index in [9.17, 15) is 28.2 Å². The van der Waals surface area contributed by atoms with Crippen molar-refractivity contribution in [3.05, 3.63) is 64.7 Å². The van der Waals surface area contributed by atoms with Crippen LogP contribution in [0.25, 0.3) is 6.08 Å². The molecule has 41 heavy (non-hydrogen) atoms. The van der Waals surface area contributed by atoms with Crippen molar-refractivity contribution >= 4 is 12.0 Å². The number of amides is 1. The molecule has 2 heterocycles. The summed E-state index contributed by atoms with van der Waals surface area (Å²) in [7, 11) is 1.69. The lowest BCUT2D eigenvalue weighted by molar-refractivity contribution is -0.212. The van der Waals surface area contributed by atoms with E-state index in [-0.39, 0.29) is 29.2 Å². The van der Waals surface area contributed by atoms with Crippen LogP contribution in [0.5, 0.6) is 11.5 Å². The number of phenols is 1. The van der Waals surface area contributed by atoms with E-state index in [1.54, 1.807) is 18.0 Å². The van der Waals surface area contributed by atoms with Crippen LogP contribution in [0.3, 0.4) is 0 Å². The number of phenolic OH excluding ortho intramolecular Hbond substituents is 1. The van der Waals surface area contributed by atoms with Crippen molar-refractivity contribution in [2.24, 2.45) is 11.8 Å². The second-order valence-electron chi connectivity index (χ2n) is 12.9. The number of aliphatic hydroxyl groups is 1. The van der Waals surface area contributed by atoms with Crippen LogP contribution in [0, 0.1) is 11.8 Å². The number of ether oxygens (including phenoxy) is 1. The molecule has 2 aromatic rings. The summed E-state index contributed by atoms with van der Waals surface area (Å²) in [5.41, 5.74) is -0.358. The van der Waals surface area contributed by atoms with E-state index in [4.69, 9.17) is 4.74 Å². The smallest absolute Gasteiger partial charge is 0.416 e. The summed E-state index contributed by atoms with van der Waals surface area (Å²) in [6.07, 6.45) is 1.95. The maximum Gasteiger partial charge on any atom is 0.416 e. The van der Waals surface area contributed by atoms with Crippen LogP contribution in [0.2, 0.25) is 0 Å². The Morgan fingerprint density at radius 2 is 2.02 bits per heavy atom. The van der Waals surface area contributed by atoms with E-state index >= 15 is 0 Å². The van der Waals surface area contributed by atoms with Crippen LogP contribution in [0.4, 0.5) is 13.2 Å². The lowest BCUT2D eigenvalue weighted by Gasteiger charge is -2.66. The van der Waals surface area contributed by atoms with E-state index in [0.717, 1.165) is 36.3 Å². The second-order valence-corrected chi connectivity index (χ2v) is 12.9. The maximum absolute atomic E-state index is 13.5. The summed E-state index contributed by atoms with van der Waals surface area (Å²) in [5, 5.41) is 23.6. The van der Waals surface area contributed by atoms with Crippen molar-refractivity contribution in [2.75, 3.05) is 20.1 Å². The zero-order valence-corrected chi connectivity index (χ0v) is 23.2. The molecule has 0 aromatic heterocycles. The van der Waals surface area contributed by atoms with E-state index in [1.165, 1.54) is 37.1 Å². The number of rotatable bonds is 5. The average molecular weight is 569 g/mol. The zero-order chi connectivity index (χ0) is 28.9. The van der Waals surface area contributed by atoms with Gasteiger partial charge in [0.1, 0.15) is 6.10 Å². The number of alkyl halides is 3. The third-order valence-corrected chi connectivity index (χ3v) is 10.5. The lowest BCUT2D eigenvalue weighted by atomic mass is 9.46. The number of piperidine rings is 1. The monoisotopic (exact) mass is 568 g/mol. The number of hydrogen-bond acceptors (Lipinski definition) is 5. The normalized spacial score (nSPS) is 33.9. The molecule has 1 saturated heterocycles. The van der Waals surface area contributed by atoms with Crippen molar-refractivity contribution in [2.45, 2.75) is 74.4 Å². The Bertz CT molecular complexity index is 1440. The van der Waals surface area contributed by atoms with Crippen molar-refractivity contribution in [1.29, 1.82) is 0 Å².